The number of hydrogen-bond donors (Lipinski definition) is 3. The second-order valence-corrected chi connectivity index (χ2v) is 10.1. The fourth-order valence-electron chi connectivity index (χ4n) is 5.96. The number of ether oxygens (including phenoxy) is 1. The minimum Gasteiger partial charge on any atom is -0.481 e. The van der Waals surface area contributed by atoms with Gasteiger partial charge in [0.15, 0.2) is 0 Å². The van der Waals surface area contributed by atoms with E-state index in [-0.39, 0.29) is 42.4 Å². The predicted octanol–water partition coefficient (Wildman–Crippen LogP) is 4.45. The van der Waals surface area contributed by atoms with E-state index >= 15 is 0 Å². The molecule has 2 unspecified atom stereocenters. The molecule has 3 aliphatic carbocycles. The topological polar surface area (TPSA) is 105 Å². The molecule has 0 aromatic heterocycles. The lowest BCUT2D eigenvalue weighted by Crippen LogP contribution is -2.41. The molecule has 2 aromatic rings. The van der Waals surface area contributed by atoms with E-state index in [0.717, 1.165) is 12.8 Å². The standard InChI is InChI=1S/C28H32N2O5/c31-26(29-19-12-9-17(10-13-19)27(32)33)18-11-14-20(15-18)30-28(34)35-16-25-23-7-3-1-5-21(23)22-6-2-4-8-24(22)25/h1-8,17-20,25H,9-16H2,(H,29,31)(H,30,34)(H,32,33). The molecule has 7 heteroatoms. The Morgan fingerprint density at radius 1 is 0.771 bits per heavy atom. The van der Waals surface area contributed by atoms with E-state index in [1.54, 1.807) is 0 Å². The molecule has 2 aromatic carbocycles. The molecule has 2 fully saturated rings. The minimum absolute atomic E-state index is 0.0145. The molecule has 35 heavy (non-hydrogen) atoms. The van der Waals surface area contributed by atoms with E-state index in [1.807, 2.05) is 24.3 Å². The van der Waals surface area contributed by atoms with Gasteiger partial charge in [0.2, 0.25) is 5.91 Å². The van der Waals surface area contributed by atoms with Gasteiger partial charge in [0, 0.05) is 23.9 Å². The summed E-state index contributed by atoms with van der Waals surface area (Å²) < 4.78 is 5.65. The number of fused-ring (bicyclic) bond motifs is 3. The van der Waals surface area contributed by atoms with Crippen LogP contribution in [0.3, 0.4) is 0 Å². The summed E-state index contributed by atoms with van der Waals surface area (Å²) in [7, 11) is 0. The SMILES string of the molecule is O=C(NC1CCC(C(=O)NC2CCC(C(=O)O)CC2)C1)OCC1c2ccccc2-c2ccccc21. The normalized spacial score (nSPS) is 25.4. The van der Waals surface area contributed by atoms with Gasteiger partial charge < -0.3 is 20.5 Å². The van der Waals surface area contributed by atoms with Crippen LogP contribution in [0.5, 0.6) is 0 Å². The molecule has 184 valence electrons. The van der Waals surface area contributed by atoms with E-state index in [9.17, 15) is 14.4 Å². The van der Waals surface area contributed by atoms with Crippen molar-refractivity contribution in [2.24, 2.45) is 11.8 Å². The molecule has 2 amide bonds. The third-order valence-corrected chi connectivity index (χ3v) is 7.89. The Hall–Kier alpha value is -3.35. The second kappa shape index (κ2) is 10.1. The van der Waals surface area contributed by atoms with Crippen molar-refractivity contribution >= 4 is 18.0 Å². The molecule has 0 heterocycles. The number of benzene rings is 2. The van der Waals surface area contributed by atoms with Crippen LogP contribution < -0.4 is 10.6 Å². The first kappa shape index (κ1) is 23.4. The van der Waals surface area contributed by atoms with Crippen molar-refractivity contribution in [3.05, 3.63) is 59.7 Å². The Bertz CT molecular complexity index is 1060. The first-order valence-corrected chi connectivity index (χ1v) is 12.6. The lowest BCUT2D eigenvalue weighted by molar-refractivity contribution is -0.142. The van der Waals surface area contributed by atoms with E-state index in [2.05, 4.69) is 34.9 Å². The summed E-state index contributed by atoms with van der Waals surface area (Å²) >= 11 is 0. The van der Waals surface area contributed by atoms with Gasteiger partial charge in [0.25, 0.3) is 0 Å². The van der Waals surface area contributed by atoms with Crippen molar-refractivity contribution < 1.29 is 24.2 Å². The quantitative estimate of drug-likeness (QED) is 0.571. The third kappa shape index (κ3) is 5.04. The summed E-state index contributed by atoms with van der Waals surface area (Å²) in [6.07, 6.45) is 4.26. The van der Waals surface area contributed by atoms with E-state index in [4.69, 9.17) is 9.84 Å². The highest BCUT2D eigenvalue weighted by atomic mass is 16.5. The van der Waals surface area contributed by atoms with Crippen LogP contribution in [0.15, 0.2) is 48.5 Å². The maximum atomic E-state index is 12.7. The van der Waals surface area contributed by atoms with Crippen molar-refractivity contribution in [1.82, 2.24) is 10.6 Å². The summed E-state index contributed by atoms with van der Waals surface area (Å²) in [5.41, 5.74) is 4.74. The first-order valence-electron chi connectivity index (χ1n) is 12.6. The number of amides is 2. The number of nitrogens with one attached hydrogen (secondary N) is 2. The minimum atomic E-state index is -0.743. The van der Waals surface area contributed by atoms with Gasteiger partial charge in [-0.15, -0.1) is 0 Å². The van der Waals surface area contributed by atoms with Crippen molar-refractivity contribution in [3.63, 3.8) is 0 Å². The second-order valence-electron chi connectivity index (χ2n) is 10.1. The molecular weight excluding hydrogens is 444 g/mol. The number of aliphatic carboxylic acids is 1. The lowest BCUT2D eigenvalue weighted by Gasteiger charge is -2.27. The Morgan fingerprint density at radius 3 is 1.97 bits per heavy atom. The van der Waals surface area contributed by atoms with E-state index < -0.39 is 12.1 Å². The largest absolute Gasteiger partial charge is 0.481 e. The molecule has 7 nitrogen and oxygen atoms in total. The summed E-state index contributed by atoms with van der Waals surface area (Å²) in [5, 5.41) is 15.2. The van der Waals surface area contributed by atoms with Gasteiger partial charge >= 0.3 is 12.1 Å². The average Bonchev–Trinajstić information content (AvgIpc) is 3.46. The highest BCUT2D eigenvalue weighted by Gasteiger charge is 2.34. The van der Waals surface area contributed by atoms with Gasteiger partial charge in [-0.05, 0) is 67.2 Å². The number of rotatable bonds is 6. The van der Waals surface area contributed by atoms with Gasteiger partial charge in [-0.25, -0.2) is 4.79 Å². The van der Waals surface area contributed by atoms with Crippen LogP contribution in [-0.4, -0.2) is 41.8 Å². The van der Waals surface area contributed by atoms with Crippen LogP contribution in [-0.2, 0) is 14.3 Å². The van der Waals surface area contributed by atoms with Crippen LogP contribution in [0.1, 0.15) is 62.0 Å². The Labute approximate surface area is 205 Å². The molecule has 0 saturated heterocycles. The van der Waals surface area contributed by atoms with Crippen LogP contribution >= 0.6 is 0 Å². The average molecular weight is 477 g/mol. The lowest BCUT2D eigenvalue weighted by atomic mass is 9.86. The summed E-state index contributed by atoms with van der Waals surface area (Å²) in [6, 6.07) is 16.4. The van der Waals surface area contributed by atoms with Crippen LogP contribution in [0.4, 0.5) is 4.79 Å². The molecule has 0 spiro atoms. The molecule has 3 N–H and O–H groups in total. The zero-order valence-electron chi connectivity index (χ0n) is 19.7. The molecule has 3 aliphatic rings. The molecule has 0 radical (unpaired) electrons. The van der Waals surface area contributed by atoms with Gasteiger partial charge in [-0.3, -0.25) is 9.59 Å². The summed E-state index contributed by atoms with van der Waals surface area (Å²) in [6.45, 7) is 0.273. The summed E-state index contributed by atoms with van der Waals surface area (Å²) in [5.74, 6) is -1.13. The summed E-state index contributed by atoms with van der Waals surface area (Å²) in [4.78, 5) is 36.4. The fraction of sp³-hybridized carbons (Fsp3) is 0.464. The van der Waals surface area contributed by atoms with Crippen molar-refractivity contribution in [2.75, 3.05) is 6.61 Å². The van der Waals surface area contributed by atoms with Crippen molar-refractivity contribution in [1.29, 1.82) is 0 Å². The number of carboxylic acid groups (broad SMARTS) is 1. The maximum Gasteiger partial charge on any atom is 0.407 e. The molecule has 5 rings (SSSR count). The Morgan fingerprint density at radius 2 is 1.34 bits per heavy atom. The number of alkyl carbamates (subject to hydrolysis) is 1. The van der Waals surface area contributed by atoms with E-state index in [0.29, 0.717) is 32.1 Å². The highest BCUT2D eigenvalue weighted by molar-refractivity contribution is 5.80. The van der Waals surface area contributed by atoms with Gasteiger partial charge in [0.05, 0.1) is 5.92 Å². The van der Waals surface area contributed by atoms with Crippen molar-refractivity contribution in [2.45, 2.75) is 62.9 Å². The van der Waals surface area contributed by atoms with Crippen LogP contribution in [0, 0.1) is 11.8 Å². The Kier molecular flexibility index (Phi) is 6.75. The van der Waals surface area contributed by atoms with E-state index in [1.165, 1.54) is 22.3 Å². The molecule has 2 saturated carbocycles. The van der Waals surface area contributed by atoms with Crippen LogP contribution in [0.2, 0.25) is 0 Å². The zero-order chi connectivity index (χ0) is 24.4. The van der Waals surface area contributed by atoms with Crippen molar-refractivity contribution in [3.8, 4) is 11.1 Å². The Balaban J connectivity index is 1.09. The predicted molar refractivity (Wildman–Crippen MR) is 131 cm³/mol. The monoisotopic (exact) mass is 476 g/mol. The molecule has 0 bridgehead atoms. The van der Waals surface area contributed by atoms with Gasteiger partial charge in [-0.1, -0.05) is 48.5 Å². The van der Waals surface area contributed by atoms with Crippen LogP contribution in [0.25, 0.3) is 11.1 Å². The molecule has 0 aliphatic heterocycles. The smallest absolute Gasteiger partial charge is 0.407 e. The fourth-order valence-corrected chi connectivity index (χ4v) is 5.96. The zero-order valence-corrected chi connectivity index (χ0v) is 19.7. The highest BCUT2D eigenvalue weighted by Crippen LogP contribution is 2.44. The number of carboxylic acids is 1. The number of carbonyl (C=O) groups is 3. The van der Waals surface area contributed by atoms with Gasteiger partial charge in [0.1, 0.15) is 6.61 Å². The maximum absolute atomic E-state index is 12.7. The first-order chi connectivity index (χ1) is 17.0. The number of carbonyl (C=O) groups excluding carboxylic acids is 2. The molecule has 2 atom stereocenters. The number of hydrogen-bond acceptors (Lipinski definition) is 4. The molecular formula is C28H32N2O5. The van der Waals surface area contributed by atoms with Gasteiger partial charge in [-0.2, -0.15) is 0 Å². The third-order valence-electron chi connectivity index (χ3n) is 7.89.